The van der Waals surface area contributed by atoms with Crippen molar-refractivity contribution in [1.82, 2.24) is 9.97 Å². The zero-order valence-corrected chi connectivity index (χ0v) is 11.6. The summed E-state index contributed by atoms with van der Waals surface area (Å²) >= 11 is 1.53. The van der Waals surface area contributed by atoms with Crippen molar-refractivity contribution in [3.05, 3.63) is 35.7 Å². The van der Waals surface area contributed by atoms with E-state index in [0.717, 1.165) is 21.7 Å². The van der Waals surface area contributed by atoms with E-state index in [4.69, 9.17) is 10.6 Å². The molecule has 0 saturated carbocycles. The molecule has 0 bridgehead atoms. The highest BCUT2D eigenvalue weighted by Gasteiger charge is 2.10. The lowest BCUT2D eigenvalue weighted by Gasteiger charge is -2.11. The number of anilines is 3. The number of methoxy groups -OCH3 is 1. The molecular weight excluding hydrogens is 274 g/mol. The number of fused-ring (bicyclic) bond motifs is 1. The van der Waals surface area contributed by atoms with Gasteiger partial charge in [0, 0.05) is 0 Å². The Bertz CT molecular complexity index is 742. The van der Waals surface area contributed by atoms with Gasteiger partial charge in [-0.05, 0) is 23.6 Å². The van der Waals surface area contributed by atoms with Crippen LogP contribution < -0.4 is 21.3 Å². The number of nitrogens with zero attached hydrogens (tertiary/aromatic N) is 2. The van der Waals surface area contributed by atoms with E-state index in [1.165, 1.54) is 11.3 Å². The normalized spacial score (nSPS) is 10.5. The number of nitrogens with two attached hydrogens (primary N) is 1. The Morgan fingerprint density at radius 3 is 2.85 bits per heavy atom. The molecule has 0 fully saturated rings. The quantitative estimate of drug-likeness (QED) is 0.505. The number of para-hydroxylation sites is 2. The Balaban J connectivity index is 2.07. The van der Waals surface area contributed by atoms with Crippen molar-refractivity contribution < 1.29 is 4.74 Å². The van der Waals surface area contributed by atoms with Crippen molar-refractivity contribution >= 4 is 39.0 Å². The van der Waals surface area contributed by atoms with E-state index in [0.29, 0.717) is 11.8 Å². The molecule has 20 heavy (non-hydrogen) atoms. The molecule has 0 atom stereocenters. The fourth-order valence-electron chi connectivity index (χ4n) is 1.89. The minimum absolute atomic E-state index is 0.373. The van der Waals surface area contributed by atoms with Crippen LogP contribution in [0.3, 0.4) is 0 Å². The van der Waals surface area contributed by atoms with Gasteiger partial charge in [-0.3, -0.25) is 5.43 Å². The second-order valence-electron chi connectivity index (χ2n) is 4.00. The highest BCUT2D eigenvalue weighted by Crippen LogP contribution is 2.31. The van der Waals surface area contributed by atoms with Crippen LogP contribution in [0.4, 0.5) is 17.5 Å². The van der Waals surface area contributed by atoms with Crippen LogP contribution in [0.25, 0.3) is 10.2 Å². The zero-order valence-electron chi connectivity index (χ0n) is 10.8. The Hall–Kier alpha value is -2.38. The van der Waals surface area contributed by atoms with Gasteiger partial charge in [0.15, 0.2) is 0 Å². The molecule has 0 spiro atoms. The lowest BCUT2D eigenvalue weighted by atomic mass is 10.3. The number of nitrogen functional groups attached to an aromatic ring is 1. The van der Waals surface area contributed by atoms with Crippen molar-refractivity contribution in [3.8, 4) is 5.75 Å². The lowest BCUT2D eigenvalue weighted by molar-refractivity contribution is 0.417. The topological polar surface area (TPSA) is 85.1 Å². The summed E-state index contributed by atoms with van der Waals surface area (Å²) < 4.78 is 5.32. The van der Waals surface area contributed by atoms with Crippen molar-refractivity contribution in [3.63, 3.8) is 0 Å². The summed E-state index contributed by atoms with van der Waals surface area (Å²) in [7, 11) is 1.63. The van der Waals surface area contributed by atoms with Gasteiger partial charge in [0.1, 0.15) is 16.4 Å². The predicted molar refractivity (Wildman–Crippen MR) is 81.5 cm³/mol. The molecule has 6 nitrogen and oxygen atoms in total. The maximum absolute atomic E-state index is 5.41. The second kappa shape index (κ2) is 5.32. The third kappa shape index (κ3) is 2.24. The summed E-state index contributed by atoms with van der Waals surface area (Å²) in [5.74, 6) is 7.21. The van der Waals surface area contributed by atoms with E-state index in [1.807, 2.05) is 35.7 Å². The highest BCUT2D eigenvalue weighted by molar-refractivity contribution is 7.16. The molecule has 3 rings (SSSR count). The van der Waals surface area contributed by atoms with Crippen LogP contribution >= 0.6 is 11.3 Å². The van der Waals surface area contributed by atoms with Crippen LogP contribution in [-0.4, -0.2) is 17.1 Å². The molecule has 102 valence electrons. The van der Waals surface area contributed by atoms with Crippen molar-refractivity contribution in [2.45, 2.75) is 0 Å². The number of hydrogen-bond donors (Lipinski definition) is 3. The molecule has 0 aliphatic rings. The van der Waals surface area contributed by atoms with Crippen LogP contribution in [0.1, 0.15) is 0 Å². The van der Waals surface area contributed by atoms with E-state index in [1.54, 1.807) is 7.11 Å². The molecule has 0 radical (unpaired) electrons. The van der Waals surface area contributed by atoms with Gasteiger partial charge in [0.2, 0.25) is 5.95 Å². The lowest BCUT2D eigenvalue weighted by Crippen LogP contribution is -2.11. The minimum atomic E-state index is 0.373. The first-order valence-electron chi connectivity index (χ1n) is 5.93. The van der Waals surface area contributed by atoms with Crippen LogP contribution in [0, 0.1) is 0 Å². The summed E-state index contributed by atoms with van der Waals surface area (Å²) in [6, 6.07) is 9.62. The van der Waals surface area contributed by atoms with Gasteiger partial charge in [-0.2, -0.15) is 4.98 Å². The molecule has 0 saturated heterocycles. The Morgan fingerprint density at radius 2 is 2.05 bits per heavy atom. The number of hydrazine groups is 1. The van der Waals surface area contributed by atoms with Gasteiger partial charge < -0.3 is 10.1 Å². The molecule has 7 heteroatoms. The second-order valence-corrected chi connectivity index (χ2v) is 4.90. The molecule has 0 aliphatic carbocycles. The van der Waals surface area contributed by atoms with Gasteiger partial charge in [-0.25, -0.2) is 10.8 Å². The first-order chi connectivity index (χ1) is 9.81. The number of rotatable bonds is 4. The number of benzene rings is 1. The minimum Gasteiger partial charge on any atom is -0.495 e. The van der Waals surface area contributed by atoms with E-state index in [9.17, 15) is 0 Å². The zero-order chi connectivity index (χ0) is 13.9. The summed E-state index contributed by atoms with van der Waals surface area (Å²) in [4.78, 5) is 9.52. The van der Waals surface area contributed by atoms with E-state index < -0.39 is 0 Å². The standard InChI is InChI=1S/C13H13N5OS/c1-19-10-5-3-2-4-9(10)15-11-8-6-7-20-12(8)17-13(16-11)18-14/h2-7H,14H2,1H3,(H2,15,16,17,18). The fraction of sp³-hybridized carbons (Fsp3) is 0.0769. The third-order valence-electron chi connectivity index (χ3n) is 2.81. The van der Waals surface area contributed by atoms with Crippen molar-refractivity contribution in [2.24, 2.45) is 5.84 Å². The molecule has 3 aromatic rings. The number of hydrogen-bond acceptors (Lipinski definition) is 7. The van der Waals surface area contributed by atoms with Crippen LogP contribution in [-0.2, 0) is 0 Å². The smallest absolute Gasteiger partial charge is 0.240 e. The molecule has 1 aromatic carbocycles. The fourth-order valence-corrected chi connectivity index (χ4v) is 2.65. The molecule has 2 aromatic heterocycles. The Labute approximate surface area is 119 Å². The van der Waals surface area contributed by atoms with Crippen molar-refractivity contribution in [2.75, 3.05) is 17.9 Å². The average molecular weight is 287 g/mol. The van der Waals surface area contributed by atoms with Gasteiger partial charge in [0.25, 0.3) is 0 Å². The average Bonchev–Trinajstić information content (AvgIpc) is 2.96. The molecule has 0 amide bonds. The summed E-state index contributed by atoms with van der Waals surface area (Å²) in [6.07, 6.45) is 0. The molecule has 0 aliphatic heterocycles. The number of ether oxygens (including phenoxy) is 1. The molecule has 2 heterocycles. The maximum Gasteiger partial charge on any atom is 0.240 e. The number of aromatic nitrogens is 2. The van der Waals surface area contributed by atoms with E-state index in [-0.39, 0.29) is 0 Å². The summed E-state index contributed by atoms with van der Waals surface area (Å²) in [6.45, 7) is 0. The van der Waals surface area contributed by atoms with Crippen LogP contribution in [0.5, 0.6) is 5.75 Å². The van der Waals surface area contributed by atoms with Gasteiger partial charge >= 0.3 is 0 Å². The highest BCUT2D eigenvalue weighted by atomic mass is 32.1. The van der Waals surface area contributed by atoms with Gasteiger partial charge in [-0.1, -0.05) is 12.1 Å². The van der Waals surface area contributed by atoms with Gasteiger partial charge in [0.05, 0.1) is 18.2 Å². The Kier molecular flexibility index (Phi) is 3.36. The first kappa shape index (κ1) is 12.6. The predicted octanol–water partition coefficient (Wildman–Crippen LogP) is 2.73. The maximum atomic E-state index is 5.41. The van der Waals surface area contributed by atoms with Crippen LogP contribution in [0.2, 0.25) is 0 Å². The monoisotopic (exact) mass is 287 g/mol. The summed E-state index contributed by atoms with van der Waals surface area (Å²) in [5.41, 5.74) is 3.31. The molecular formula is C13H13N5OS. The molecule has 4 N–H and O–H groups in total. The van der Waals surface area contributed by atoms with E-state index in [2.05, 4.69) is 20.7 Å². The summed E-state index contributed by atoms with van der Waals surface area (Å²) in [5, 5.41) is 6.17. The third-order valence-corrected chi connectivity index (χ3v) is 3.62. The van der Waals surface area contributed by atoms with E-state index >= 15 is 0 Å². The van der Waals surface area contributed by atoms with Crippen LogP contribution in [0.15, 0.2) is 35.7 Å². The number of nitrogens with one attached hydrogen (secondary N) is 2. The SMILES string of the molecule is COc1ccccc1Nc1nc(NN)nc2sccc12. The van der Waals surface area contributed by atoms with Gasteiger partial charge in [-0.15, -0.1) is 11.3 Å². The Morgan fingerprint density at radius 1 is 1.20 bits per heavy atom. The largest absolute Gasteiger partial charge is 0.495 e. The number of thiophene rings is 1. The first-order valence-corrected chi connectivity index (χ1v) is 6.81. The van der Waals surface area contributed by atoms with Crippen molar-refractivity contribution in [1.29, 1.82) is 0 Å². The molecule has 0 unspecified atom stereocenters.